The molecule has 0 fully saturated rings. The van der Waals surface area contributed by atoms with Crippen LogP contribution in [-0.4, -0.2) is 97.6 Å². The Labute approximate surface area is 298 Å². The number of carbonyl (C=O) groups excluding carboxylic acids is 3. The number of amides is 3. The first kappa shape index (κ1) is 40.7. The van der Waals surface area contributed by atoms with E-state index in [1.54, 1.807) is 30.6 Å². The fraction of sp³-hybridized carbons (Fsp3) is 0.367. The highest BCUT2D eigenvalue weighted by Crippen LogP contribution is 2.58. The van der Waals surface area contributed by atoms with Gasteiger partial charge >= 0.3 is 22.3 Å². The fourth-order valence-electron chi connectivity index (χ4n) is 4.89. The summed E-state index contributed by atoms with van der Waals surface area (Å²) in [6.07, 6.45) is 2.41. The number of fused-ring (bicyclic) bond motifs is 1. The summed E-state index contributed by atoms with van der Waals surface area (Å²) >= 11 is 0. The van der Waals surface area contributed by atoms with Crippen molar-refractivity contribution in [1.29, 1.82) is 0 Å². The van der Waals surface area contributed by atoms with Gasteiger partial charge in [-0.2, -0.15) is 0 Å². The second kappa shape index (κ2) is 18.6. The van der Waals surface area contributed by atoms with E-state index in [0.29, 0.717) is 5.69 Å². The summed E-state index contributed by atoms with van der Waals surface area (Å²) in [4.78, 5) is 83.9. The van der Waals surface area contributed by atoms with Crippen molar-refractivity contribution in [2.24, 2.45) is 0 Å². The summed E-state index contributed by atoms with van der Waals surface area (Å²) in [6.45, 7) is 0.0777. The number of nitrogens with one attached hydrogen (secondary N) is 3. The first-order valence-corrected chi connectivity index (χ1v) is 19.1. The van der Waals surface area contributed by atoms with Crippen LogP contribution in [0.3, 0.4) is 0 Å². The number of rotatable bonds is 17. The number of aromatic nitrogens is 2. The van der Waals surface area contributed by atoms with E-state index in [9.17, 15) is 28.6 Å². The molecule has 0 bridgehead atoms. The fourth-order valence-corrected chi connectivity index (χ4v) is 7.09. The van der Waals surface area contributed by atoms with Gasteiger partial charge < -0.3 is 59.6 Å². The number of anilines is 1. The molecule has 0 aliphatic carbocycles. The van der Waals surface area contributed by atoms with E-state index in [-0.39, 0.29) is 44.8 Å². The lowest BCUT2D eigenvalue weighted by atomic mass is 9.90. The van der Waals surface area contributed by atoms with Gasteiger partial charge in [-0.15, -0.1) is 0 Å². The molecule has 1 aromatic heterocycles. The zero-order chi connectivity index (χ0) is 37.9. The first-order valence-electron chi connectivity index (χ1n) is 15.8. The molecule has 8 N–H and O–H groups in total. The Morgan fingerprint density at radius 2 is 1.67 bits per heavy atom. The van der Waals surface area contributed by atoms with Gasteiger partial charge in [0.2, 0.25) is 23.8 Å². The lowest BCUT2D eigenvalue weighted by molar-refractivity contribution is -0.123. The van der Waals surface area contributed by atoms with E-state index >= 15 is 0 Å². The summed E-state index contributed by atoms with van der Waals surface area (Å²) in [5, 5.41) is 17.7. The Morgan fingerprint density at radius 1 is 0.981 bits per heavy atom. The Kier molecular flexibility index (Phi) is 14.6. The minimum atomic E-state index is -5.33. The maximum Gasteiger partial charge on any atom is 0.478 e. The molecule has 3 amide bonds. The molecule has 3 aromatic rings. The molecular weight excluding hydrogens is 725 g/mol. The molecule has 1 aliphatic rings. The Bertz CT molecular complexity index is 1750. The van der Waals surface area contributed by atoms with Crippen LogP contribution in [-0.2, 0) is 52.4 Å². The smallest absolute Gasteiger partial charge is 0.406 e. The number of carbonyl (C=O) groups is 3. The van der Waals surface area contributed by atoms with Crippen molar-refractivity contribution in [3.8, 4) is 0 Å². The molecule has 2 atom stereocenters. The second-order valence-electron chi connectivity index (χ2n) is 11.6. The van der Waals surface area contributed by atoms with E-state index in [1.165, 1.54) is 23.5 Å². The highest BCUT2D eigenvalue weighted by Gasteiger charge is 2.44. The normalized spacial score (nSPS) is 14.5. The Hall–Kier alpha value is -4.07. The first-order chi connectivity index (χ1) is 24.6. The molecule has 280 valence electrons. The number of aliphatic hydroxyl groups excluding tert-OH is 1. The van der Waals surface area contributed by atoms with Crippen LogP contribution in [0.4, 0.5) is 5.69 Å². The van der Waals surface area contributed by atoms with E-state index in [2.05, 4.69) is 20.6 Å². The molecule has 0 saturated carbocycles. The molecule has 0 radical (unpaired) electrons. The summed E-state index contributed by atoms with van der Waals surface area (Å²) in [5.41, 5.74) is 0.314. The van der Waals surface area contributed by atoms with Gasteiger partial charge in [-0.1, -0.05) is 36.4 Å². The molecule has 19 nitrogen and oxygen atoms in total. The van der Waals surface area contributed by atoms with Crippen LogP contribution in [0.1, 0.15) is 40.0 Å². The van der Waals surface area contributed by atoms with Crippen LogP contribution < -0.4 is 20.9 Å². The maximum atomic E-state index is 13.3. The van der Waals surface area contributed by atoms with Gasteiger partial charge in [0.05, 0.1) is 32.5 Å². The van der Waals surface area contributed by atoms with Gasteiger partial charge in [0.1, 0.15) is 11.7 Å². The van der Waals surface area contributed by atoms with Gasteiger partial charge in [0, 0.05) is 38.0 Å². The number of hydrogen-bond donors (Lipinski definition) is 8. The van der Waals surface area contributed by atoms with Gasteiger partial charge in [-0.25, -0.2) is 4.98 Å². The minimum absolute atomic E-state index is 0.0181. The quantitative estimate of drug-likeness (QED) is 0.0388. The van der Waals surface area contributed by atoms with Crippen molar-refractivity contribution in [1.82, 2.24) is 25.9 Å². The molecule has 22 heteroatoms. The maximum absolute atomic E-state index is 13.3. The van der Waals surface area contributed by atoms with E-state index in [1.807, 2.05) is 30.3 Å². The van der Waals surface area contributed by atoms with Crippen molar-refractivity contribution in [3.05, 3.63) is 89.5 Å². The predicted octanol–water partition coefficient (Wildman–Crippen LogP) is -0.0276. The van der Waals surface area contributed by atoms with Crippen molar-refractivity contribution in [2.45, 2.75) is 50.5 Å². The summed E-state index contributed by atoms with van der Waals surface area (Å²) in [7, 11) is -9.93. The average molecular weight is 764 g/mol. The molecule has 0 spiro atoms. The van der Waals surface area contributed by atoms with Crippen LogP contribution in [0.5, 0.6) is 0 Å². The molecule has 1 aliphatic heterocycles. The van der Waals surface area contributed by atoms with Crippen molar-refractivity contribution < 1.29 is 62.2 Å². The zero-order valence-corrected chi connectivity index (χ0v) is 29.6. The SMILES string of the molecule is CN(c1ccc2c(c1)COB(CNC(=O)[C@H](Cc1ccccc1)NC(=O)c1cnccn1)OC2)C(O)OCCCC(=O)NC(P(=O)(O)O)P(=O)(O)O. The van der Waals surface area contributed by atoms with E-state index in [4.69, 9.17) is 33.6 Å². The largest absolute Gasteiger partial charge is 0.478 e. The van der Waals surface area contributed by atoms with Gasteiger partial charge in [-0.3, -0.25) is 28.5 Å². The molecule has 2 aromatic carbocycles. The Morgan fingerprint density at radius 3 is 2.33 bits per heavy atom. The summed E-state index contributed by atoms with van der Waals surface area (Å²) < 4.78 is 39.8. The molecule has 52 heavy (non-hydrogen) atoms. The van der Waals surface area contributed by atoms with Crippen LogP contribution in [0, 0.1) is 0 Å². The van der Waals surface area contributed by atoms with E-state index < -0.39 is 64.4 Å². The third-order valence-electron chi connectivity index (χ3n) is 7.66. The van der Waals surface area contributed by atoms with Crippen LogP contribution in [0.15, 0.2) is 67.1 Å². The van der Waals surface area contributed by atoms with Crippen LogP contribution in [0.2, 0.25) is 0 Å². The molecule has 2 heterocycles. The molecule has 1 unspecified atom stereocenters. The number of benzene rings is 2. The Balaban J connectivity index is 1.26. The number of nitrogens with zero attached hydrogens (tertiary/aromatic N) is 3. The minimum Gasteiger partial charge on any atom is -0.406 e. The standard InChI is InChI=1S/C30H39BN6O13P2/c1-37(30(41)48-13-5-8-26(38)36-29(51(42,43)44)52(45,46)47)23-10-9-21-17-49-31(50-18-22(21)15-23)19-34-27(39)24(14-20-6-3-2-4-7-20)35-28(40)25-16-32-11-12-33-25/h2-4,6-7,9-12,15-16,24,29-30,41H,5,8,13-14,17-19H2,1H3,(H,34,39)(H,35,40)(H,36,38)(H2,42,43,44)(H2,45,46,47)/t24-,30?/m0/s1. The lowest BCUT2D eigenvalue weighted by Gasteiger charge is -2.26. The highest BCUT2D eigenvalue weighted by molar-refractivity contribution is 7.70. The topological polar surface area (TPSA) is 279 Å². The average Bonchev–Trinajstić information content (AvgIpc) is 3.32. The van der Waals surface area contributed by atoms with Crippen molar-refractivity contribution >= 4 is 45.7 Å². The van der Waals surface area contributed by atoms with Crippen LogP contribution >= 0.6 is 15.2 Å². The van der Waals surface area contributed by atoms with E-state index in [0.717, 1.165) is 16.7 Å². The lowest BCUT2D eigenvalue weighted by Crippen LogP contribution is -2.50. The zero-order valence-electron chi connectivity index (χ0n) is 27.8. The number of hydrogen-bond acceptors (Lipinski definition) is 12. The number of ether oxygens (including phenoxy) is 1. The third kappa shape index (κ3) is 12.3. The van der Waals surface area contributed by atoms with Crippen molar-refractivity contribution in [3.63, 3.8) is 0 Å². The monoisotopic (exact) mass is 764 g/mol. The highest BCUT2D eigenvalue weighted by atomic mass is 31.2. The third-order valence-corrected chi connectivity index (χ3v) is 11.0. The summed E-state index contributed by atoms with van der Waals surface area (Å²) in [6, 6.07) is 13.5. The predicted molar refractivity (Wildman–Crippen MR) is 184 cm³/mol. The van der Waals surface area contributed by atoms with Gasteiger partial charge in [0.15, 0.2) is 0 Å². The molecule has 4 rings (SSSR count). The molecule has 0 saturated heterocycles. The summed E-state index contributed by atoms with van der Waals surface area (Å²) in [5.74, 6) is -2.04. The number of aliphatic hydroxyl groups is 1. The van der Waals surface area contributed by atoms with Crippen LogP contribution in [0.25, 0.3) is 0 Å². The second-order valence-corrected chi connectivity index (χ2v) is 15.4. The molecular formula is C30H39BN6O13P2. The van der Waals surface area contributed by atoms with Crippen molar-refractivity contribution in [2.75, 3.05) is 25.0 Å². The van der Waals surface area contributed by atoms with Gasteiger partial charge in [0.25, 0.3) is 5.91 Å². The van der Waals surface area contributed by atoms with Gasteiger partial charge in [-0.05, 0) is 35.2 Å².